The van der Waals surface area contributed by atoms with Gasteiger partial charge in [-0.15, -0.1) is 0 Å². The van der Waals surface area contributed by atoms with Crippen LogP contribution in [0.4, 0.5) is 4.39 Å². The average Bonchev–Trinajstić information content (AvgIpc) is 3.12. The second-order valence-electron chi connectivity index (χ2n) is 7.17. The highest BCUT2D eigenvalue weighted by atomic mass is 35.5. The standard InChI is InChI=1S/C24H17Cl2FN2O2/c1-13-5-3-6-15(11-13)23-28-21(24(30)31)22(17-7-4-8-18(26)20(17)27)29(23)19-12-16(25)10-9-14(19)2/h3-12H,1-2H3,(H,30,31). The third-order valence-electron chi connectivity index (χ3n) is 4.98. The van der Waals surface area contributed by atoms with Gasteiger partial charge in [-0.05, 0) is 49.7 Å². The van der Waals surface area contributed by atoms with E-state index < -0.39 is 11.8 Å². The van der Waals surface area contributed by atoms with Gasteiger partial charge in [0.15, 0.2) is 11.5 Å². The summed E-state index contributed by atoms with van der Waals surface area (Å²) in [5.41, 5.74) is 2.93. The van der Waals surface area contributed by atoms with Crippen LogP contribution in [0.25, 0.3) is 28.3 Å². The zero-order valence-corrected chi connectivity index (χ0v) is 18.2. The van der Waals surface area contributed by atoms with E-state index in [2.05, 4.69) is 4.98 Å². The largest absolute Gasteiger partial charge is 0.476 e. The van der Waals surface area contributed by atoms with E-state index in [1.165, 1.54) is 12.1 Å². The third kappa shape index (κ3) is 3.82. The van der Waals surface area contributed by atoms with Gasteiger partial charge in [0.25, 0.3) is 0 Å². The minimum absolute atomic E-state index is 0.0377. The first-order valence-corrected chi connectivity index (χ1v) is 10.2. The number of rotatable bonds is 4. The summed E-state index contributed by atoms with van der Waals surface area (Å²) in [6.07, 6.45) is 0. The first-order valence-electron chi connectivity index (χ1n) is 9.42. The monoisotopic (exact) mass is 454 g/mol. The van der Waals surface area contributed by atoms with E-state index in [-0.39, 0.29) is 22.0 Å². The highest BCUT2D eigenvalue weighted by Gasteiger charge is 2.28. The number of aromatic carboxylic acids is 1. The Labute approximate surface area is 188 Å². The molecule has 156 valence electrons. The van der Waals surface area contributed by atoms with E-state index in [1.807, 2.05) is 44.2 Å². The molecule has 1 aromatic heterocycles. The van der Waals surface area contributed by atoms with E-state index in [0.717, 1.165) is 11.1 Å². The van der Waals surface area contributed by atoms with Crippen molar-refractivity contribution in [2.75, 3.05) is 0 Å². The van der Waals surface area contributed by atoms with Gasteiger partial charge in [0.1, 0.15) is 5.82 Å². The van der Waals surface area contributed by atoms with Crippen molar-refractivity contribution in [2.24, 2.45) is 0 Å². The van der Waals surface area contributed by atoms with Crippen LogP contribution in [0.5, 0.6) is 0 Å². The molecule has 0 aliphatic rings. The third-order valence-corrected chi connectivity index (χ3v) is 5.50. The Hall–Kier alpha value is -3.15. The molecule has 0 saturated carbocycles. The first-order chi connectivity index (χ1) is 14.8. The maximum atomic E-state index is 15.1. The van der Waals surface area contributed by atoms with Crippen LogP contribution in [-0.2, 0) is 0 Å². The van der Waals surface area contributed by atoms with Gasteiger partial charge in [-0.3, -0.25) is 4.57 Å². The van der Waals surface area contributed by atoms with Crippen LogP contribution in [0.3, 0.4) is 0 Å². The number of benzene rings is 3. The molecule has 0 aliphatic heterocycles. The van der Waals surface area contributed by atoms with Gasteiger partial charge in [-0.1, -0.05) is 59.1 Å². The number of hydrogen-bond acceptors (Lipinski definition) is 2. The van der Waals surface area contributed by atoms with Crippen molar-refractivity contribution in [2.45, 2.75) is 13.8 Å². The summed E-state index contributed by atoms with van der Waals surface area (Å²) in [4.78, 5) is 16.6. The summed E-state index contributed by atoms with van der Waals surface area (Å²) in [6, 6.07) is 17.2. The number of aromatic nitrogens is 2. The van der Waals surface area contributed by atoms with Crippen molar-refractivity contribution in [3.63, 3.8) is 0 Å². The number of carbonyl (C=O) groups is 1. The number of hydrogen-bond donors (Lipinski definition) is 1. The second-order valence-corrected chi connectivity index (χ2v) is 8.02. The summed E-state index contributed by atoms with van der Waals surface area (Å²) in [7, 11) is 0. The average molecular weight is 455 g/mol. The van der Waals surface area contributed by atoms with Crippen molar-refractivity contribution in [1.82, 2.24) is 9.55 Å². The number of imidazole rings is 1. The van der Waals surface area contributed by atoms with Crippen molar-refractivity contribution < 1.29 is 14.3 Å². The molecule has 0 spiro atoms. The van der Waals surface area contributed by atoms with E-state index in [0.29, 0.717) is 22.1 Å². The highest BCUT2D eigenvalue weighted by molar-refractivity contribution is 6.31. The quantitative estimate of drug-likeness (QED) is 0.362. The molecule has 3 aromatic carbocycles. The maximum Gasteiger partial charge on any atom is 0.356 e. The van der Waals surface area contributed by atoms with Gasteiger partial charge in [0, 0.05) is 16.1 Å². The molecule has 0 saturated heterocycles. The molecular weight excluding hydrogens is 438 g/mol. The van der Waals surface area contributed by atoms with E-state index in [9.17, 15) is 9.90 Å². The van der Waals surface area contributed by atoms with Gasteiger partial charge in [0.05, 0.1) is 16.4 Å². The second kappa shape index (κ2) is 8.17. The van der Waals surface area contributed by atoms with E-state index >= 15 is 4.39 Å². The van der Waals surface area contributed by atoms with Crippen LogP contribution in [0.1, 0.15) is 21.6 Å². The van der Waals surface area contributed by atoms with E-state index in [1.54, 1.807) is 22.8 Å². The molecular formula is C24H17Cl2FN2O2. The first kappa shape index (κ1) is 21.1. The fourth-order valence-electron chi connectivity index (χ4n) is 3.54. The van der Waals surface area contributed by atoms with Crippen LogP contribution < -0.4 is 0 Å². The minimum atomic E-state index is -1.28. The SMILES string of the molecule is Cc1cccc(-c2nc(C(=O)O)c(-c3cccc(Cl)c3F)n2-c2cc(Cl)ccc2C)c1. The van der Waals surface area contributed by atoms with Gasteiger partial charge in [-0.2, -0.15) is 0 Å². The molecule has 4 rings (SSSR count). The molecule has 0 aliphatic carbocycles. The van der Waals surface area contributed by atoms with Crippen LogP contribution >= 0.6 is 23.2 Å². The Bertz CT molecular complexity index is 1330. The van der Waals surface area contributed by atoms with Gasteiger partial charge in [0.2, 0.25) is 0 Å². The lowest BCUT2D eigenvalue weighted by molar-refractivity contribution is 0.0692. The molecule has 0 amide bonds. The van der Waals surface area contributed by atoms with Crippen molar-refractivity contribution >= 4 is 29.2 Å². The fraction of sp³-hybridized carbons (Fsp3) is 0.0833. The summed E-state index contributed by atoms with van der Waals surface area (Å²) in [5.74, 6) is -1.63. The van der Waals surface area contributed by atoms with Gasteiger partial charge < -0.3 is 5.11 Å². The Kier molecular flexibility index (Phi) is 5.56. The molecule has 0 bridgehead atoms. The minimum Gasteiger partial charge on any atom is -0.476 e. The number of aryl methyl sites for hydroxylation is 2. The summed E-state index contributed by atoms with van der Waals surface area (Å²) < 4.78 is 16.7. The fourth-order valence-corrected chi connectivity index (χ4v) is 3.88. The molecule has 7 heteroatoms. The maximum absolute atomic E-state index is 15.1. The van der Waals surface area contributed by atoms with Gasteiger partial charge >= 0.3 is 5.97 Å². The number of nitrogens with zero attached hydrogens (tertiary/aromatic N) is 2. The van der Waals surface area contributed by atoms with Crippen LogP contribution in [-0.4, -0.2) is 20.6 Å². The highest BCUT2D eigenvalue weighted by Crippen LogP contribution is 2.38. The lowest BCUT2D eigenvalue weighted by atomic mass is 10.1. The molecule has 0 fully saturated rings. The predicted octanol–water partition coefficient (Wildman–Crippen LogP) is 6.97. The zero-order chi connectivity index (χ0) is 22.3. The van der Waals surface area contributed by atoms with Crippen molar-refractivity contribution in [1.29, 1.82) is 0 Å². The Morgan fingerprint density at radius 3 is 2.48 bits per heavy atom. The Morgan fingerprint density at radius 1 is 1.03 bits per heavy atom. The molecule has 4 aromatic rings. The Balaban J connectivity index is 2.19. The van der Waals surface area contributed by atoms with Gasteiger partial charge in [-0.25, -0.2) is 14.2 Å². The van der Waals surface area contributed by atoms with Crippen molar-refractivity contribution in [3.05, 3.63) is 93.3 Å². The van der Waals surface area contributed by atoms with E-state index in [4.69, 9.17) is 23.2 Å². The van der Waals surface area contributed by atoms with Crippen LogP contribution in [0, 0.1) is 19.7 Å². The molecule has 31 heavy (non-hydrogen) atoms. The molecule has 1 N–H and O–H groups in total. The topological polar surface area (TPSA) is 55.1 Å². The normalized spacial score (nSPS) is 11.0. The molecule has 4 nitrogen and oxygen atoms in total. The van der Waals surface area contributed by atoms with Crippen LogP contribution in [0.15, 0.2) is 60.7 Å². The number of carboxylic acid groups (broad SMARTS) is 1. The molecule has 0 atom stereocenters. The Morgan fingerprint density at radius 2 is 1.77 bits per heavy atom. The molecule has 0 radical (unpaired) electrons. The molecule has 1 heterocycles. The summed E-state index contributed by atoms with van der Waals surface area (Å²) in [5, 5.41) is 10.3. The number of halogens is 3. The number of carboxylic acids is 1. The zero-order valence-electron chi connectivity index (χ0n) is 16.7. The van der Waals surface area contributed by atoms with Crippen LogP contribution in [0.2, 0.25) is 10.0 Å². The summed E-state index contributed by atoms with van der Waals surface area (Å²) in [6.45, 7) is 3.79. The molecule has 0 unspecified atom stereocenters. The van der Waals surface area contributed by atoms with Crippen molar-refractivity contribution in [3.8, 4) is 28.3 Å². The lowest BCUT2D eigenvalue weighted by Crippen LogP contribution is -2.06. The lowest BCUT2D eigenvalue weighted by Gasteiger charge is -2.16. The summed E-state index contributed by atoms with van der Waals surface area (Å²) >= 11 is 12.3. The smallest absolute Gasteiger partial charge is 0.356 e. The predicted molar refractivity (Wildman–Crippen MR) is 121 cm³/mol.